The maximum atomic E-state index is 12.0. The summed E-state index contributed by atoms with van der Waals surface area (Å²) in [4.78, 5) is 23.1. The molecule has 1 heterocycles. The van der Waals surface area contributed by atoms with Crippen LogP contribution in [0.3, 0.4) is 0 Å². The van der Waals surface area contributed by atoms with E-state index in [1.54, 1.807) is 7.11 Å². The van der Waals surface area contributed by atoms with Gasteiger partial charge in [0.25, 0.3) is 0 Å². The zero-order valence-corrected chi connectivity index (χ0v) is 12.7. The van der Waals surface area contributed by atoms with Gasteiger partial charge < -0.3 is 15.4 Å². The van der Waals surface area contributed by atoms with E-state index in [0.29, 0.717) is 25.3 Å². The molecule has 1 fully saturated rings. The zero-order valence-electron chi connectivity index (χ0n) is 12.7. The number of carbonyl (C=O) groups excluding carboxylic acids is 2. The van der Waals surface area contributed by atoms with Crippen molar-refractivity contribution in [2.45, 2.75) is 45.2 Å². The van der Waals surface area contributed by atoms with Crippen LogP contribution in [0.5, 0.6) is 5.75 Å². The van der Waals surface area contributed by atoms with Gasteiger partial charge in [-0.15, -0.1) is 0 Å². The van der Waals surface area contributed by atoms with Gasteiger partial charge in [-0.3, -0.25) is 9.59 Å². The van der Waals surface area contributed by atoms with Crippen molar-refractivity contribution in [2.75, 3.05) is 7.11 Å². The predicted molar refractivity (Wildman–Crippen MR) is 80.1 cm³/mol. The molecule has 21 heavy (non-hydrogen) atoms. The van der Waals surface area contributed by atoms with Crippen LogP contribution in [0, 0.1) is 0 Å². The Bertz CT molecular complexity index is 540. The van der Waals surface area contributed by atoms with E-state index < -0.39 is 6.04 Å². The SMILES string of the molecule is COc1cc(C(C)C)ccc1CNC(=O)C1CCC(=O)N1. The first-order valence-corrected chi connectivity index (χ1v) is 7.25. The maximum absolute atomic E-state index is 12.0. The number of nitrogens with one attached hydrogen (secondary N) is 2. The van der Waals surface area contributed by atoms with Crippen molar-refractivity contribution in [2.24, 2.45) is 0 Å². The number of hydrogen-bond donors (Lipinski definition) is 2. The Morgan fingerprint density at radius 1 is 1.48 bits per heavy atom. The summed E-state index contributed by atoms with van der Waals surface area (Å²) in [6, 6.07) is 5.62. The largest absolute Gasteiger partial charge is 0.496 e. The molecule has 1 saturated heterocycles. The first kappa shape index (κ1) is 15.4. The molecule has 1 unspecified atom stereocenters. The lowest BCUT2D eigenvalue weighted by atomic mass is 10.0. The topological polar surface area (TPSA) is 67.4 Å². The zero-order chi connectivity index (χ0) is 15.4. The van der Waals surface area contributed by atoms with Crippen LogP contribution < -0.4 is 15.4 Å². The van der Waals surface area contributed by atoms with Gasteiger partial charge in [-0.1, -0.05) is 26.0 Å². The van der Waals surface area contributed by atoms with E-state index in [-0.39, 0.29) is 11.8 Å². The second-order valence-corrected chi connectivity index (χ2v) is 5.60. The van der Waals surface area contributed by atoms with E-state index in [1.807, 2.05) is 18.2 Å². The molecule has 0 aliphatic carbocycles. The quantitative estimate of drug-likeness (QED) is 0.867. The maximum Gasteiger partial charge on any atom is 0.242 e. The smallest absolute Gasteiger partial charge is 0.242 e. The van der Waals surface area contributed by atoms with E-state index in [9.17, 15) is 9.59 Å². The van der Waals surface area contributed by atoms with Crippen LogP contribution in [0.2, 0.25) is 0 Å². The summed E-state index contributed by atoms with van der Waals surface area (Å²) in [6.07, 6.45) is 0.985. The number of ether oxygens (including phenoxy) is 1. The third-order valence-corrected chi connectivity index (χ3v) is 3.74. The Labute approximate surface area is 125 Å². The minimum absolute atomic E-state index is 0.0611. The first-order valence-electron chi connectivity index (χ1n) is 7.25. The highest BCUT2D eigenvalue weighted by Crippen LogP contribution is 2.24. The second kappa shape index (κ2) is 6.61. The van der Waals surface area contributed by atoms with E-state index in [0.717, 1.165) is 11.3 Å². The van der Waals surface area contributed by atoms with Gasteiger partial charge in [-0.05, 0) is 24.0 Å². The summed E-state index contributed by atoms with van der Waals surface area (Å²) in [5, 5.41) is 5.51. The lowest BCUT2D eigenvalue weighted by molar-refractivity contribution is -0.125. The van der Waals surface area contributed by atoms with Gasteiger partial charge in [0.1, 0.15) is 11.8 Å². The van der Waals surface area contributed by atoms with Gasteiger partial charge in [0, 0.05) is 18.5 Å². The van der Waals surface area contributed by atoms with Crippen molar-refractivity contribution < 1.29 is 14.3 Å². The Morgan fingerprint density at radius 2 is 2.24 bits per heavy atom. The molecule has 1 atom stereocenters. The van der Waals surface area contributed by atoms with E-state index in [2.05, 4.69) is 24.5 Å². The molecular weight excluding hydrogens is 268 g/mol. The minimum atomic E-state index is -0.404. The molecule has 0 radical (unpaired) electrons. The molecule has 5 heteroatoms. The van der Waals surface area contributed by atoms with Crippen LogP contribution in [0.25, 0.3) is 0 Å². The van der Waals surface area contributed by atoms with Gasteiger partial charge in [0.05, 0.1) is 7.11 Å². The molecular formula is C16H22N2O3. The number of rotatable bonds is 5. The fourth-order valence-electron chi connectivity index (χ4n) is 2.38. The van der Waals surface area contributed by atoms with Crippen molar-refractivity contribution in [3.05, 3.63) is 29.3 Å². The van der Waals surface area contributed by atoms with Crippen LogP contribution in [-0.4, -0.2) is 25.0 Å². The molecule has 5 nitrogen and oxygen atoms in total. The van der Waals surface area contributed by atoms with Crippen LogP contribution in [0.4, 0.5) is 0 Å². The summed E-state index contributed by atoms with van der Waals surface area (Å²) in [7, 11) is 1.63. The average Bonchev–Trinajstić information content (AvgIpc) is 2.91. The van der Waals surface area contributed by atoms with Crippen molar-refractivity contribution in [3.8, 4) is 5.75 Å². The van der Waals surface area contributed by atoms with Crippen molar-refractivity contribution in [1.82, 2.24) is 10.6 Å². The number of methoxy groups -OCH3 is 1. The molecule has 2 rings (SSSR count). The van der Waals surface area contributed by atoms with Gasteiger partial charge in [-0.2, -0.15) is 0 Å². The predicted octanol–water partition coefficient (Wildman–Crippen LogP) is 1.71. The summed E-state index contributed by atoms with van der Waals surface area (Å²) >= 11 is 0. The highest BCUT2D eigenvalue weighted by Gasteiger charge is 2.26. The van der Waals surface area contributed by atoms with Crippen LogP contribution in [0.1, 0.15) is 43.7 Å². The lowest BCUT2D eigenvalue weighted by Crippen LogP contribution is -2.41. The molecule has 1 aliphatic rings. The van der Waals surface area contributed by atoms with E-state index in [1.165, 1.54) is 5.56 Å². The monoisotopic (exact) mass is 290 g/mol. The summed E-state index contributed by atoms with van der Waals surface area (Å²) < 4.78 is 5.39. The first-order chi connectivity index (χ1) is 10.0. The highest BCUT2D eigenvalue weighted by atomic mass is 16.5. The Balaban J connectivity index is 1.99. The van der Waals surface area contributed by atoms with Crippen molar-refractivity contribution in [3.63, 3.8) is 0 Å². The molecule has 0 spiro atoms. The minimum Gasteiger partial charge on any atom is -0.496 e. The highest BCUT2D eigenvalue weighted by molar-refractivity contribution is 5.90. The lowest BCUT2D eigenvalue weighted by Gasteiger charge is -2.15. The Kier molecular flexibility index (Phi) is 4.83. The van der Waals surface area contributed by atoms with Gasteiger partial charge in [0.15, 0.2) is 0 Å². The van der Waals surface area contributed by atoms with Crippen LogP contribution in [0.15, 0.2) is 18.2 Å². The molecule has 114 valence electrons. The van der Waals surface area contributed by atoms with Crippen LogP contribution >= 0.6 is 0 Å². The van der Waals surface area contributed by atoms with E-state index in [4.69, 9.17) is 4.74 Å². The fraction of sp³-hybridized carbons (Fsp3) is 0.500. The van der Waals surface area contributed by atoms with Crippen LogP contribution in [-0.2, 0) is 16.1 Å². The fourth-order valence-corrected chi connectivity index (χ4v) is 2.38. The molecule has 0 saturated carbocycles. The summed E-state index contributed by atoms with van der Waals surface area (Å²) in [5.74, 6) is 0.998. The third-order valence-electron chi connectivity index (χ3n) is 3.74. The number of hydrogen-bond acceptors (Lipinski definition) is 3. The van der Waals surface area contributed by atoms with Gasteiger partial charge in [-0.25, -0.2) is 0 Å². The number of benzene rings is 1. The van der Waals surface area contributed by atoms with Crippen molar-refractivity contribution in [1.29, 1.82) is 0 Å². The molecule has 0 aromatic heterocycles. The Hall–Kier alpha value is -2.04. The molecule has 1 aliphatic heterocycles. The third kappa shape index (κ3) is 3.74. The second-order valence-electron chi connectivity index (χ2n) is 5.60. The van der Waals surface area contributed by atoms with Gasteiger partial charge >= 0.3 is 0 Å². The Morgan fingerprint density at radius 3 is 2.81 bits per heavy atom. The van der Waals surface area contributed by atoms with E-state index >= 15 is 0 Å². The summed E-state index contributed by atoms with van der Waals surface area (Å²) in [5.41, 5.74) is 2.13. The standard InChI is InChI=1S/C16H22N2O3/c1-10(2)11-4-5-12(14(8-11)21-3)9-17-16(20)13-6-7-15(19)18-13/h4-5,8,10,13H,6-7,9H2,1-3H3,(H,17,20)(H,18,19). The molecule has 2 N–H and O–H groups in total. The number of amides is 2. The molecule has 0 bridgehead atoms. The number of carbonyl (C=O) groups is 2. The summed E-state index contributed by atoms with van der Waals surface area (Å²) in [6.45, 7) is 4.64. The average molecular weight is 290 g/mol. The van der Waals surface area contributed by atoms with Crippen molar-refractivity contribution >= 4 is 11.8 Å². The molecule has 2 amide bonds. The molecule has 1 aromatic carbocycles. The molecule has 1 aromatic rings. The van der Waals surface area contributed by atoms with Gasteiger partial charge in [0.2, 0.25) is 11.8 Å². The normalized spacial score (nSPS) is 17.7.